The highest BCUT2D eigenvalue weighted by molar-refractivity contribution is 7.89. The molecule has 1 aromatic carbocycles. The van der Waals surface area contributed by atoms with Gasteiger partial charge in [0, 0.05) is 31.7 Å². The average Bonchev–Trinajstić information content (AvgIpc) is 2.78. The second-order valence-corrected chi connectivity index (χ2v) is 12.6. The third-order valence-corrected chi connectivity index (χ3v) is 10.3. The smallest absolute Gasteiger partial charge is 0.243 e. The van der Waals surface area contributed by atoms with Crippen LogP contribution in [0.25, 0.3) is 0 Å². The van der Waals surface area contributed by atoms with E-state index in [1.165, 1.54) is 23.6 Å². The predicted molar refractivity (Wildman–Crippen MR) is 126 cm³/mol. The van der Waals surface area contributed by atoms with Gasteiger partial charge in [0.25, 0.3) is 0 Å². The molecule has 0 spiro atoms. The van der Waals surface area contributed by atoms with Crippen LogP contribution in [0.15, 0.2) is 29.2 Å². The molecule has 6 rings (SSSR count). The Kier molecular flexibility index (Phi) is 6.20. The monoisotopic (exact) mass is 475 g/mol. The van der Waals surface area contributed by atoms with Gasteiger partial charge in [0.2, 0.25) is 15.9 Å². The maximum Gasteiger partial charge on any atom is 0.243 e. The van der Waals surface area contributed by atoms with Gasteiger partial charge in [0.15, 0.2) is 0 Å². The second kappa shape index (κ2) is 8.86. The van der Waals surface area contributed by atoms with Crippen LogP contribution >= 0.6 is 0 Å². The number of rotatable bonds is 7. The first-order valence-electron chi connectivity index (χ1n) is 12.6. The zero-order valence-corrected chi connectivity index (χ0v) is 20.6. The minimum absolute atomic E-state index is 0.0128. The number of benzene rings is 1. The molecule has 1 aromatic rings. The van der Waals surface area contributed by atoms with E-state index in [1.807, 2.05) is 13.8 Å². The molecular weight excluding hydrogens is 438 g/mol. The van der Waals surface area contributed by atoms with Gasteiger partial charge in [0.1, 0.15) is 5.75 Å². The Hall–Kier alpha value is -1.64. The van der Waals surface area contributed by atoms with Crippen LogP contribution < -0.4 is 10.1 Å². The fourth-order valence-electron chi connectivity index (χ4n) is 7.15. The van der Waals surface area contributed by atoms with Gasteiger partial charge in [0.05, 0.1) is 17.5 Å². The number of amides is 1. The number of sulfonamides is 1. The van der Waals surface area contributed by atoms with Gasteiger partial charge < -0.3 is 10.1 Å². The molecule has 1 saturated heterocycles. The summed E-state index contributed by atoms with van der Waals surface area (Å²) in [5.41, 5.74) is 0.0128. The summed E-state index contributed by atoms with van der Waals surface area (Å²) in [6.45, 7) is 6.32. The van der Waals surface area contributed by atoms with E-state index in [0.29, 0.717) is 38.5 Å². The summed E-state index contributed by atoms with van der Waals surface area (Å²) < 4.78 is 33.1. The Balaban J connectivity index is 1.17. The van der Waals surface area contributed by atoms with Crippen molar-refractivity contribution in [2.24, 2.45) is 17.8 Å². The number of hydrogen-bond donors (Lipinski definition) is 1. The Morgan fingerprint density at radius 3 is 2.09 bits per heavy atom. The lowest BCUT2D eigenvalue weighted by Crippen LogP contribution is -2.63. The van der Waals surface area contributed by atoms with Crippen molar-refractivity contribution < 1.29 is 17.9 Å². The first-order valence-corrected chi connectivity index (χ1v) is 14.0. The Labute approximate surface area is 197 Å². The first kappa shape index (κ1) is 23.1. The molecule has 7 nitrogen and oxygen atoms in total. The van der Waals surface area contributed by atoms with Crippen molar-refractivity contribution in [3.8, 4) is 5.75 Å². The van der Waals surface area contributed by atoms with Gasteiger partial charge in [-0.1, -0.05) is 0 Å². The second-order valence-electron chi connectivity index (χ2n) is 10.7. The van der Waals surface area contributed by atoms with Crippen molar-refractivity contribution in [1.82, 2.24) is 14.5 Å². The predicted octanol–water partition coefficient (Wildman–Crippen LogP) is 2.87. The van der Waals surface area contributed by atoms with E-state index < -0.39 is 10.0 Å². The molecule has 5 fully saturated rings. The third kappa shape index (κ3) is 4.54. The van der Waals surface area contributed by atoms with Crippen molar-refractivity contribution in [1.29, 1.82) is 0 Å². The summed E-state index contributed by atoms with van der Waals surface area (Å²) >= 11 is 0. The summed E-state index contributed by atoms with van der Waals surface area (Å²) in [6.07, 6.45) is 7.50. The van der Waals surface area contributed by atoms with Crippen LogP contribution in [-0.2, 0) is 14.8 Å². The number of carbonyl (C=O) groups excluding carboxylic acids is 1. The molecule has 1 amide bonds. The van der Waals surface area contributed by atoms with Crippen molar-refractivity contribution in [2.75, 3.05) is 32.8 Å². The molecule has 5 aliphatic rings. The highest BCUT2D eigenvalue weighted by Crippen LogP contribution is 2.55. The molecule has 4 saturated carbocycles. The van der Waals surface area contributed by atoms with E-state index in [0.717, 1.165) is 37.0 Å². The maximum atomic E-state index is 13.2. The van der Waals surface area contributed by atoms with E-state index >= 15 is 0 Å². The van der Waals surface area contributed by atoms with Crippen LogP contribution in [0.4, 0.5) is 0 Å². The molecule has 1 N–H and O–H groups in total. The highest BCUT2D eigenvalue weighted by Gasteiger charge is 2.52. The fourth-order valence-corrected chi connectivity index (χ4v) is 8.57. The summed E-state index contributed by atoms with van der Waals surface area (Å²) in [7, 11) is -3.55. The lowest BCUT2D eigenvalue weighted by molar-refractivity contribution is -0.132. The average molecular weight is 476 g/mol. The molecule has 0 aromatic heterocycles. The first-order chi connectivity index (χ1) is 15.8. The molecular formula is C25H37N3O4S. The fraction of sp³-hybridized carbons (Fsp3) is 0.720. The number of nitrogens with zero attached hydrogens (tertiary/aromatic N) is 2. The summed E-state index contributed by atoms with van der Waals surface area (Å²) in [6, 6.07) is 6.36. The van der Waals surface area contributed by atoms with E-state index in [-0.39, 0.29) is 22.4 Å². The summed E-state index contributed by atoms with van der Waals surface area (Å²) in [5.74, 6) is 3.16. The number of ether oxygens (including phenoxy) is 1. The highest BCUT2D eigenvalue weighted by atomic mass is 32.2. The lowest BCUT2D eigenvalue weighted by atomic mass is 9.53. The van der Waals surface area contributed by atoms with Crippen LogP contribution in [0.2, 0.25) is 0 Å². The van der Waals surface area contributed by atoms with Crippen molar-refractivity contribution in [3.05, 3.63) is 24.3 Å². The maximum absolute atomic E-state index is 13.2. The zero-order valence-electron chi connectivity index (χ0n) is 19.8. The van der Waals surface area contributed by atoms with Crippen molar-refractivity contribution in [2.45, 2.75) is 68.8 Å². The van der Waals surface area contributed by atoms with Gasteiger partial charge in [-0.05, 0) is 94.4 Å². The molecule has 1 atom stereocenters. The van der Waals surface area contributed by atoms with Crippen LogP contribution in [0.5, 0.6) is 5.75 Å². The van der Waals surface area contributed by atoms with Gasteiger partial charge >= 0.3 is 0 Å². The molecule has 0 unspecified atom stereocenters. The van der Waals surface area contributed by atoms with E-state index in [2.05, 4.69) is 10.2 Å². The van der Waals surface area contributed by atoms with E-state index in [1.54, 1.807) is 24.3 Å². The van der Waals surface area contributed by atoms with Crippen molar-refractivity contribution in [3.63, 3.8) is 0 Å². The number of nitrogens with one attached hydrogen (secondary N) is 1. The number of piperazine rings is 1. The number of hydrogen-bond acceptors (Lipinski definition) is 5. The molecule has 1 heterocycles. The normalized spacial score (nSPS) is 33.1. The number of carbonyl (C=O) groups is 1. The quantitative estimate of drug-likeness (QED) is 0.656. The van der Waals surface area contributed by atoms with Crippen LogP contribution in [0.1, 0.15) is 52.4 Å². The molecule has 4 aliphatic carbocycles. The standard InChI is InChI=1S/C25H37N3O4S/c1-3-32-22-4-6-23(7-5-22)33(30,31)28-10-8-27(9-11-28)18(2)24(29)26-25-15-19-12-20(16-25)14-21(13-19)17-25/h4-7,18-21H,3,8-17H2,1-2H3,(H,26,29)/t18-,19?,20?,21?,25?/m1/s1. The van der Waals surface area contributed by atoms with E-state index in [9.17, 15) is 13.2 Å². The van der Waals surface area contributed by atoms with Gasteiger partial charge in [-0.25, -0.2) is 8.42 Å². The lowest BCUT2D eigenvalue weighted by Gasteiger charge is -2.57. The van der Waals surface area contributed by atoms with Gasteiger partial charge in [-0.3, -0.25) is 9.69 Å². The largest absolute Gasteiger partial charge is 0.494 e. The summed E-state index contributed by atoms with van der Waals surface area (Å²) in [5, 5.41) is 3.48. The molecule has 182 valence electrons. The minimum Gasteiger partial charge on any atom is -0.494 e. The van der Waals surface area contributed by atoms with E-state index in [4.69, 9.17) is 4.74 Å². The van der Waals surface area contributed by atoms with Gasteiger partial charge in [-0.15, -0.1) is 0 Å². The third-order valence-electron chi connectivity index (χ3n) is 8.40. The SMILES string of the molecule is CCOc1ccc(S(=O)(=O)N2CCN([C@H](C)C(=O)NC34CC5CC(CC(C5)C3)C4)CC2)cc1. The topological polar surface area (TPSA) is 79.0 Å². The molecule has 0 radical (unpaired) electrons. The minimum atomic E-state index is -3.55. The molecule has 4 bridgehead atoms. The Morgan fingerprint density at radius 1 is 1.03 bits per heavy atom. The van der Waals surface area contributed by atoms with Crippen LogP contribution in [-0.4, -0.2) is 67.9 Å². The molecule has 8 heteroatoms. The molecule has 33 heavy (non-hydrogen) atoms. The Morgan fingerprint density at radius 2 is 1.58 bits per heavy atom. The summed E-state index contributed by atoms with van der Waals surface area (Å²) in [4.78, 5) is 15.6. The van der Waals surface area contributed by atoms with Crippen LogP contribution in [0, 0.1) is 17.8 Å². The zero-order chi connectivity index (χ0) is 23.2. The van der Waals surface area contributed by atoms with Crippen molar-refractivity contribution >= 4 is 15.9 Å². The molecule has 1 aliphatic heterocycles. The van der Waals surface area contributed by atoms with Gasteiger partial charge in [-0.2, -0.15) is 4.31 Å². The van der Waals surface area contributed by atoms with Crippen LogP contribution in [0.3, 0.4) is 0 Å². The Bertz CT molecular complexity index is 935.